The maximum Gasteiger partial charge on any atom is 0.264 e. The first-order valence-electron chi connectivity index (χ1n) is 11.6. The number of benzene rings is 2. The molecule has 34 heavy (non-hydrogen) atoms. The lowest BCUT2D eigenvalue weighted by atomic mass is 10.1. The number of amides is 1. The lowest BCUT2D eigenvalue weighted by Crippen LogP contribution is -2.30. The number of nitrogens with two attached hydrogens (primary N) is 1. The monoisotopic (exact) mass is 462 g/mol. The minimum Gasteiger partial charge on any atom is -0.383 e. The van der Waals surface area contributed by atoms with E-state index >= 15 is 0 Å². The third-order valence-corrected chi connectivity index (χ3v) is 5.66. The van der Waals surface area contributed by atoms with Crippen molar-refractivity contribution in [3.05, 3.63) is 47.5 Å². The highest BCUT2D eigenvalue weighted by molar-refractivity contribution is 6.10. The summed E-state index contributed by atoms with van der Waals surface area (Å²) in [5, 5.41) is 6.44. The molecule has 0 radical (unpaired) electrons. The van der Waals surface area contributed by atoms with Gasteiger partial charge < -0.3 is 15.0 Å². The van der Waals surface area contributed by atoms with Crippen molar-refractivity contribution in [3.8, 4) is 0 Å². The average Bonchev–Trinajstić information content (AvgIpc) is 3.14. The number of methoxy groups -OCH3 is 1. The van der Waals surface area contributed by atoms with E-state index in [0.29, 0.717) is 19.6 Å². The molecule has 0 saturated carbocycles. The van der Waals surface area contributed by atoms with Crippen molar-refractivity contribution in [2.45, 2.75) is 38.8 Å². The molecule has 3 rings (SSSR count). The van der Waals surface area contributed by atoms with Crippen LogP contribution in [0.3, 0.4) is 0 Å². The molecule has 0 bridgehead atoms. The Labute approximate surface area is 200 Å². The third-order valence-electron chi connectivity index (χ3n) is 5.66. The van der Waals surface area contributed by atoms with Crippen LogP contribution in [0.5, 0.6) is 0 Å². The molecule has 0 fully saturated rings. The summed E-state index contributed by atoms with van der Waals surface area (Å²) in [6, 6.07) is 12.1. The quantitative estimate of drug-likeness (QED) is 0.244. The highest BCUT2D eigenvalue weighted by Gasteiger charge is 2.15. The van der Waals surface area contributed by atoms with Crippen LogP contribution in [-0.2, 0) is 16.1 Å². The van der Waals surface area contributed by atoms with Gasteiger partial charge in [-0.15, -0.1) is 0 Å². The van der Waals surface area contributed by atoms with E-state index in [4.69, 9.17) is 10.5 Å². The first-order valence-corrected chi connectivity index (χ1v) is 11.6. The second kappa shape index (κ2) is 12.8. The molecule has 2 aromatic carbocycles. The number of aliphatic imine (C=N–C) groups is 2. The fraction of sp³-hybridized carbons (Fsp3) is 0.385. The van der Waals surface area contributed by atoms with Crippen LogP contribution in [0.1, 0.15) is 37.3 Å². The summed E-state index contributed by atoms with van der Waals surface area (Å²) in [5.74, 6) is -0.216. The summed E-state index contributed by atoms with van der Waals surface area (Å²) in [6.45, 7) is 3.80. The maximum atomic E-state index is 12.5. The summed E-state index contributed by atoms with van der Waals surface area (Å²) in [5.41, 5.74) is 12.4. The van der Waals surface area contributed by atoms with Gasteiger partial charge in [-0.3, -0.25) is 14.8 Å². The largest absolute Gasteiger partial charge is 0.383 e. The van der Waals surface area contributed by atoms with Crippen LogP contribution < -0.4 is 11.2 Å². The standard InChI is InChI=1S/C26H34N6O2/c1-4-29-23(7-5-6-12-27)26(33)31-30-18-20-9-11-25-22(16-20)21-15-19(17-28-2)8-10-24(21)32(25)13-14-34-3/h4,8-11,15-18,23H,5-7,12-14,27H2,1-3H3,(H,31,33)/b28-17?,29-4?,30-18-. The third kappa shape index (κ3) is 6.15. The molecule has 8 heteroatoms. The van der Waals surface area contributed by atoms with Gasteiger partial charge in [0.05, 0.1) is 12.8 Å². The lowest BCUT2D eigenvalue weighted by molar-refractivity contribution is -0.122. The Morgan fingerprint density at radius 3 is 2.38 bits per heavy atom. The number of nitrogens with zero attached hydrogens (tertiary/aromatic N) is 4. The summed E-state index contributed by atoms with van der Waals surface area (Å²) >= 11 is 0. The van der Waals surface area contributed by atoms with E-state index in [9.17, 15) is 4.79 Å². The number of carbonyl (C=O) groups is 1. The molecule has 0 aliphatic carbocycles. The molecule has 3 N–H and O–H groups in total. The van der Waals surface area contributed by atoms with Gasteiger partial charge in [0, 0.05) is 48.7 Å². The van der Waals surface area contributed by atoms with E-state index in [1.807, 2.05) is 19.2 Å². The van der Waals surface area contributed by atoms with Gasteiger partial charge in [-0.1, -0.05) is 12.1 Å². The van der Waals surface area contributed by atoms with E-state index in [2.05, 4.69) is 55.4 Å². The summed E-state index contributed by atoms with van der Waals surface area (Å²) < 4.78 is 7.58. The molecule has 8 nitrogen and oxygen atoms in total. The Bertz CT molecular complexity index is 1190. The van der Waals surface area contributed by atoms with Crippen LogP contribution in [-0.4, -0.2) is 62.5 Å². The van der Waals surface area contributed by atoms with Crippen LogP contribution in [0.4, 0.5) is 0 Å². The van der Waals surface area contributed by atoms with E-state index in [1.165, 1.54) is 0 Å². The first-order chi connectivity index (χ1) is 16.6. The van der Waals surface area contributed by atoms with Crippen LogP contribution in [0.15, 0.2) is 51.5 Å². The Morgan fingerprint density at radius 1 is 1.12 bits per heavy atom. The lowest BCUT2D eigenvalue weighted by Gasteiger charge is -2.09. The van der Waals surface area contributed by atoms with E-state index in [-0.39, 0.29) is 5.91 Å². The van der Waals surface area contributed by atoms with Gasteiger partial charge in [0.25, 0.3) is 5.91 Å². The predicted octanol–water partition coefficient (Wildman–Crippen LogP) is 3.53. The highest BCUT2D eigenvalue weighted by atomic mass is 16.5. The summed E-state index contributed by atoms with van der Waals surface area (Å²) in [4.78, 5) is 20.9. The number of ether oxygens (including phenoxy) is 1. The van der Waals surface area contributed by atoms with Gasteiger partial charge in [-0.25, -0.2) is 5.43 Å². The van der Waals surface area contributed by atoms with Gasteiger partial charge in [0.2, 0.25) is 0 Å². The van der Waals surface area contributed by atoms with Crippen LogP contribution in [0.2, 0.25) is 0 Å². The van der Waals surface area contributed by atoms with E-state index in [0.717, 1.165) is 52.3 Å². The average molecular weight is 463 g/mol. The van der Waals surface area contributed by atoms with Gasteiger partial charge >= 0.3 is 0 Å². The van der Waals surface area contributed by atoms with E-state index in [1.54, 1.807) is 26.6 Å². The maximum absolute atomic E-state index is 12.5. The zero-order valence-electron chi connectivity index (χ0n) is 20.2. The van der Waals surface area contributed by atoms with Crippen molar-refractivity contribution >= 4 is 46.4 Å². The molecule has 1 atom stereocenters. The van der Waals surface area contributed by atoms with Crippen molar-refractivity contribution < 1.29 is 9.53 Å². The van der Waals surface area contributed by atoms with Crippen LogP contribution >= 0.6 is 0 Å². The molecule has 1 unspecified atom stereocenters. The molecule has 0 saturated heterocycles. The molecular formula is C26H34N6O2. The minimum atomic E-state index is -0.450. The number of rotatable bonds is 12. The van der Waals surface area contributed by atoms with Gasteiger partial charge in [-0.2, -0.15) is 5.10 Å². The highest BCUT2D eigenvalue weighted by Crippen LogP contribution is 2.30. The fourth-order valence-electron chi connectivity index (χ4n) is 4.05. The zero-order chi connectivity index (χ0) is 24.3. The number of aromatic nitrogens is 1. The molecule has 1 amide bonds. The first kappa shape index (κ1) is 25.3. The Hall–Kier alpha value is -3.36. The van der Waals surface area contributed by atoms with Gasteiger partial charge in [0.15, 0.2) is 0 Å². The minimum absolute atomic E-state index is 0.216. The Morgan fingerprint density at radius 2 is 1.79 bits per heavy atom. The van der Waals surface area contributed by atoms with Crippen molar-refractivity contribution in [3.63, 3.8) is 0 Å². The number of unbranched alkanes of at least 4 members (excludes halogenated alkanes) is 1. The Balaban J connectivity index is 1.87. The smallest absolute Gasteiger partial charge is 0.264 e. The number of hydrogen-bond donors (Lipinski definition) is 2. The second-order valence-electron chi connectivity index (χ2n) is 8.03. The molecule has 3 aromatic rings. The Kier molecular flexibility index (Phi) is 9.49. The summed E-state index contributed by atoms with van der Waals surface area (Å²) in [6.07, 6.45) is 7.54. The van der Waals surface area contributed by atoms with Crippen LogP contribution in [0, 0.1) is 0 Å². The van der Waals surface area contributed by atoms with Crippen molar-refractivity contribution in [1.82, 2.24) is 9.99 Å². The predicted molar refractivity (Wildman–Crippen MR) is 141 cm³/mol. The van der Waals surface area contributed by atoms with Gasteiger partial charge in [0.1, 0.15) is 6.04 Å². The number of nitrogens with one attached hydrogen (secondary N) is 1. The van der Waals surface area contributed by atoms with Crippen LogP contribution in [0.25, 0.3) is 21.8 Å². The number of fused-ring (bicyclic) bond motifs is 3. The topological polar surface area (TPSA) is 106 Å². The number of hydrazone groups is 1. The van der Waals surface area contributed by atoms with Crippen molar-refractivity contribution in [2.75, 3.05) is 27.3 Å². The number of carbonyl (C=O) groups excluding carboxylic acids is 1. The van der Waals surface area contributed by atoms with E-state index < -0.39 is 6.04 Å². The van der Waals surface area contributed by atoms with Gasteiger partial charge in [-0.05, 0) is 74.3 Å². The zero-order valence-corrected chi connectivity index (χ0v) is 20.2. The summed E-state index contributed by atoms with van der Waals surface area (Å²) in [7, 11) is 3.48. The molecule has 0 spiro atoms. The SMILES string of the molecule is CC=NC(CCCCN)C(=O)N/N=C\c1ccc2c(c1)c1cc(C=NC)ccc1n2CCOC. The molecule has 1 heterocycles. The fourth-order valence-corrected chi connectivity index (χ4v) is 4.05. The molecule has 0 aliphatic heterocycles. The number of hydrogen-bond acceptors (Lipinski definition) is 6. The molecule has 0 aliphatic rings. The molecule has 180 valence electrons. The normalized spacial score (nSPS) is 13.2. The second-order valence-corrected chi connectivity index (χ2v) is 8.03. The van der Waals surface area contributed by atoms with Crippen molar-refractivity contribution in [1.29, 1.82) is 0 Å². The van der Waals surface area contributed by atoms with Crippen molar-refractivity contribution in [2.24, 2.45) is 20.8 Å². The molecular weight excluding hydrogens is 428 g/mol. The molecule has 1 aromatic heterocycles.